The van der Waals surface area contributed by atoms with Crippen molar-refractivity contribution in [1.82, 2.24) is 4.98 Å². The first-order valence-electron chi connectivity index (χ1n) is 6.64. The van der Waals surface area contributed by atoms with Crippen molar-refractivity contribution in [3.8, 4) is 0 Å². The Morgan fingerprint density at radius 1 is 0.727 bits per heavy atom. The molecule has 0 bridgehead atoms. The largest absolute Gasteiger partial charge is 0.322 e. The average molecular weight is 315 g/mol. The van der Waals surface area contributed by atoms with Gasteiger partial charge in [-0.3, -0.25) is 4.79 Å². The number of aromatic nitrogens is 1. The monoisotopic (exact) mass is 315 g/mol. The average Bonchev–Trinajstić information content (AvgIpc) is 2.51. The van der Waals surface area contributed by atoms with Crippen LogP contribution in [0.1, 0.15) is 0 Å². The number of pyridine rings is 1. The second kappa shape index (κ2) is 6.20. The zero-order chi connectivity index (χ0) is 15.5. The number of benzene rings is 2. The highest BCUT2D eigenvalue weighted by molar-refractivity contribution is 7.79. The highest BCUT2D eigenvalue weighted by Gasteiger charge is 2.17. The second-order valence-corrected chi connectivity index (χ2v) is 6.87. The van der Waals surface area contributed by atoms with Gasteiger partial charge in [-0.15, -0.1) is 0 Å². The SMILES string of the molecule is O=c1cccc(P(c2ccc(F)cc2)c2ccc(F)cc2)[nH]1. The Hall–Kier alpha value is -2.32. The molecule has 1 aromatic heterocycles. The number of nitrogens with one attached hydrogen (secondary N) is 1. The molecule has 0 amide bonds. The Balaban J connectivity index is 2.15. The number of hydrogen-bond acceptors (Lipinski definition) is 1. The topological polar surface area (TPSA) is 32.9 Å². The van der Waals surface area contributed by atoms with Crippen molar-refractivity contribution in [1.29, 1.82) is 0 Å². The quantitative estimate of drug-likeness (QED) is 0.740. The van der Waals surface area contributed by atoms with E-state index in [0.717, 1.165) is 16.0 Å². The van der Waals surface area contributed by atoms with Gasteiger partial charge in [0.05, 0.1) is 5.44 Å². The van der Waals surface area contributed by atoms with Crippen LogP contribution >= 0.6 is 7.92 Å². The van der Waals surface area contributed by atoms with Crippen LogP contribution in [0.15, 0.2) is 71.5 Å². The van der Waals surface area contributed by atoms with Gasteiger partial charge in [0.25, 0.3) is 0 Å². The molecule has 3 rings (SSSR count). The molecular formula is C17H12F2NOP. The Morgan fingerprint density at radius 3 is 1.68 bits per heavy atom. The number of halogens is 2. The summed E-state index contributed by atoms with van der Waals surface area (Å²) in [6, 6.07) is 17.2. The van der Waals surface area contributed by atoms with Gasteiger partial charge in [-0.1, -0.05) is 30.3 Å². The maximum atomic E-state index is 13.2. The van der Waals surface area contributed by atoms with Gasteiger partial charge in [0.2, 0.25) is 5.56 Å². The first-order valence-corrected chi connectivity index (χ1v) is 7.98. The molecule has 1 heterocycles. The first kappa shape index (κ1) is 14.6. The smallest absolute Gasteiger partial charge is 0.248 e. The third-order valence-corrected chi connectivity index (χ3v) is 5.54. The zero-order valence-corrected chi connectivity index (χ0v) is 12.4. The summed E-state index contributed by atoms with van der Waals surface area (Å²) in [4.78, 5) is 14.4. The van der Waals surface area contributed by atoms with Crippen molar-refractivity contribution < 1.29 is 8.78 Å². The lowest BCUT2D eigenvalue weighted by molar-refractivity contribution is 0.628. The highest BCUT2D eigenvalue weighted by atomic mass is 31.1. The fourth-order valence-electron chi connectivity index (χ4n) is 2.17. The van der Waals surface area contributed by atoms with Crippen molar-refractivity contribution in [2.45, 2.75) is 0 Å². The van der Waals surface area contributed by atoms with Gasteiger partial charge in [0.15, 0.2) is 0 Å². The molecular weight excluding hydrogens is 303 g/mol. The molecule has 3 aromatic rings. The van der Waals surface area contributed by atoms with Gasteiger partial charge >= 0.3 is 0 Å². The summed E-state index contributed by atoms with van der Waals surface area (Å²) in [6.45, 7) is 0. The van der Waals surface area contributed by atoms with Crippen molar-refractivity contribution in [3.63, 3.8) is 0 Å². The Kier molecular flexibility index (Phi) is 4.12. The molecule has 5 heteroatoms. The fraction of sp³-hybridized carbons (Fsp3) is 0. The van der Waals surface area contributed by atoms with E-state index >= 15 is 0 Å². The van der Waals surface area contributed by atoms with E-state index in [2.05, 4.69) is 4.98 Å². The highest BCUT2D eigenvalue weighted by Crippen LogP contribution is 2.31. The summed E-state index contributed by atoms with van der Waals surface area (Å²) in [5.41, 5.74) is 0.537. The van der Waals surface area contributed by atoms with Crippen LogP contribution in [0.25, 0.3) is 0 Å². The molecule has 0 spiro atoms. The van der Waals surface area contributed by atoms with Crippen molar-refractivity contribution in [2.24, 2.45) is 0 Å². The number of aromatic amines is 1. The summed E-state index contributed by atoms with van der Waals surface area (Å²) >= 11 is 0. The van der Waals surface area contributed by atoms with E-state index in [1.54, 1.807) is 30.3 Å². The van der Waals surface area contributed by atoms with E-state index in [1.807, 2.05) is 6.07 Å². The predicted octanol–water partition coefficient (Wildman–Crippen LogP) is 2.41. The van der Waals surface area contributed by atoms with E-state index in [1.165, 1.54) is 30.3 Å². The lowest BCUT2D eigenvalue weighted by atomic mass is 10.3. The Labute approximate surface area is 127 Å². The Bertz CT molecular complexity index is 783. The van der Waals surface area contributed by atoms with Crippen LogP contribution in [0.3, 0.4) is 0 Å². The molecule has 110 valence electrons. The maximum Gasteiger partial charge on any atom is 0.248 e. The molecule has 0 saturated heterocycles. The van der Waals surface area contributed by atoms with Crippen LogP contribution in [-0.2, 0) is 0 Å². The molecule has 0 saturated carbocycles. The summed E-state index contributed by atoms with van der Waals surface area (Å²) in [5.74, 6) is -0.640. The predicted molar refractivity (Wildman–Crippen MR) is 85.7 cm³/mol. The molecule has 0 fully saturated rings. The molecule has 22 heavy (non-hydrogen) atoms. The van der Waals surface area contributed by atoms with Gasteiger partial charge in [0.1, 0.15) is 11.6 Å². The van der Waals surface area contributed by atoms with Crippen LogP contribution in [0, 0.1) is 11.6 Å². The van der Waals surface area contributed by atoms with E-state index in [9.17, 15) is 13.6 Å². The van der Waals surface area contributed by atoms with Crippen molar-refractivity contribution in [3.05, 3.63) is 88.7 Å². The second-order valence-electron chi connectivity index (χ2n) is 4.69. The van der Waals surface area contributed by atoms with Crippen LogP contribution in [0.5, 0.6) is 0 Å². The summed E-state index contributed by atoms with van der Waals surface area (Å²) in [6.07, 6.45) is 0. The zero-order valence-electron chi connectivity index (χ0n) is 11.5. The maximum absolute atomic E-state index is 13.2. The standard InChI is InChI=1S/C17H12F2NOP/c18-12-4-8-14(9-5-12)22(15-10-6-13(19)7-11-15)17-3-1-2-16(21)20-17/h1-11H,(H,20,21). The fourth-order valence-corrected chi connectivity index (χ4v) is 4.38. The third kappa shape index (κ3) is 3.12. The minimum atomic E-state index is -1.08. The lowest BCUT2D eigenvalue weighted by Crippen LogP contribution is -2.26. The molecule has 0 aliphatic rings. The van der Waals surface area contributed by atoms with Gasteiger partial charge in [0, 0.05) is 14.0 Å². The molecule has 2 aromatic carbocycles. The van der Waals surface area contributed by atoms with Crippen LogP contribution in [-0.4, -0.2) is 4.98 Å². The summed E-state index contributed by atoms with van der Waals surface area (Å²) < 4.78 is 26.3. The van der Waals surface area contributed by atoms with E-state index in [-0.39, 0.29) is 17.2 Å². The number of hydrogen-bond donors (Lipinski definition) is 1. The summed E-state index contributed by atoms with van der Waals surface area (Å²) in [5, 5.41) is 1.76. The van der Waals surface area contributed by atoms with E-state index in [0.29, 0.717) is 0 Å². The minimum absolute atomic E-state index is 0.200. The van der Waals surface area contributed by atoms with Crippen LogP contribution in [0.2, 0.25) is 0 Å². The molecule has 0 aliphatic carbocycles. The third-order valence-electron chi connectivity index (χ3n) is 3.16. The number of H-pyrrole nitrogens is 1. The molecule has 0 radical (unpaired) electrons. The Morgan fingerprint density at radius 2 is 1.23 bits per heavy atom. The molecule has 1 N–H and O–H groups in total. The van der Waals surface area contributed by atoms with E-state index in [4.69, 9.17) is 0 Å². The van der Waals surface area contributed by atoms with Crippen molar-refractivity contribution in [2.75, 3.05) is 0 Å². The number of rotatable bonds is 3. The summed E-state index contributed by atoms with van der Waals surface area (Å²) in [7, 11) is -1.08. The van der Waals surface area contributed by atoms with Gasteiger partial charge in [-0.2, -0.15) is 0 Å². The normalized spacial score (nSPS) is 10.9. The van der Waals surface area contributed by atoms with Crippen LogP contribution in [0.4, 0.5) is 8.78 Å². The van der Waals surface area contributed by atoms with Gasteiger partial charge in [-0.05, 0) is 40.9 Å². The molecule has 0 aliphatic heterocycles. The van der Waals surface area contributed by atoms with Gasteiger partial charge in [-0.25, -0.2) is 8.78 Å². The lowest BCUT2D eigenvalue weighted by Gasteiger charge is -2.18. The first-order chi connectivity index (χ1) is 10.6. The minimum Gasteiger partial charge on any atom is -0.322 e. The van der Waals surface area contributed by atoms with Gasteiger partial charge < -0.3 is 4.98 Å². The van der Waals surface area contributed by atoms with E-state index < -0.39 is 7.92 Å². The van der Waals surface area contributed by atoms with Crippen LogP contribution < -0.4 is 21.6 Å². The molecule has 0 atom stereocenters. The van der Waals surface area contributed by atoms with Crippen molar-refractivity contribution >= 4 is 24.0 Å². The molecule has 2 nitrogen and oxygen atoms in total. The molecule has 0 unspecified atom stereocenters.